The van der Waals surface area contributed by atoms with Crippen LogP contribution in [-0.4, -0.2) is 18.6 Å². The smallest absolute Gasteiger partial charge is 0.224 e. The third-order valence-corrected chi connectivity index (χ3v) is 5.25. The summed E-state index contributed by atoms with van der Waals surface area (Å²) in [7, 11) is 0. The third kappa shape index (κ3) is 4.20. The molecule has 1 aliphatic rings. The van der Waals surface area contributed by atoms with E-state index in [0.29, 0.717) is 6.42 Å². The zero-order valence-electron chi connectivity index (χ0n) is 9.92. The van der Waals surface area contributed by atoms with E-state index in [9.17, 15) is 4.79 Å². The van der Waals surface area contributed by atoms with Gasteiger partial charge >= 0.3 is 0 Å². The van der Waals surface area contributed by atoms with Crippen LogP contribution in [-0.2, 0) is 9.53 Å². The summed E-state index contributed by atoms with van der Waals surface area (Å²) >= 11 is 5.67. The van der Waals surface area contributed by atoms with Crippen molar-refractivity contribution in [2.75, 3.05) is 11.9 Å². The van der Waals surface area contributed by atoms with Crippen LogP contribution in [0.2, 0.25) is 0 Å². The van der Waals surface area contributed by atoms with Crippen molar-refractivity contribution in [1.82, 2.24) is 0 Å². The van der Waals surface area contributed by atoms with Gasteiger partial charge in [0.2, 0.25) is 5.91 Å². The van der Waals surface area contributed by atoms with Crippen LogP contribution < -0.4 is 5.32 Å². The first kappa shape index (κ1) is 14.3. The van der Waals surface area contributed by atoms with Gasteiger partial charge < -0.3 is 10.1 Å². The molecule has 98 valence electrons. The molecule has 1 aliphatic heterocycles. The lowest BCUT2D eigenvalue weighted by molar-refractivity contribution is -0.116. The number of ether oxygens (including phenoxy) is 1. The third-order valence-electron chi connectivity index (χ3n) is 2.92. The molecule has 1 amide bonds. The topological polar surface area (TPSA) is 38.3 Å². The Morgan fingerprint density at radius 2 is 2.39 bits per heavy atom. The van der Waals surface area contributed by atoms with Crippen LogP contribution >= 0.6 is 38.5 Å². The van der Waals surface area contributed by atoms with Crippen LogP contribution in [0, 0.1) is 3.57 Å². The second kappa shape index (κ2) is 6.86. The van der Waals surface area contributed by atoms with E-state index < -0.39 is 0 Å². The second-order valence-electron chi connectivity index (χ2n) is 4.35. The van der Waals surface area contributed by atoms with Gasteiger partial charge in [0.15, 0.2) is 0 Å². The van der Waals surface area contributed by atoms with Crippen LogP contribution in [0.15, 0.2) is 22.7 Å². The summed E-state index contributed by atoms with van der Waals surface area (Å²) in [6, 6.07) is 5.79. The van der Waals surface area contributed by atoms with Gasteiger partial charge in [-0.15, -0.1) is 0 Å². The largest absolute Gasteiger partial charge is 0.378 e. The van der Waals surface area contributed by atoms with Gasteiger partial charge in [0.25, 0.3) is 0 Å². The van der Waals surface area contributed by atoms with E-state index in [4.69, 9.17) is 4.74 Å². The highest BCUT2D eigenvalue weighted by Crippen LogP contribution is 2.23. The summed E-state index contributed by atoms with van der Waals surface area (Å²) in [6.45, 7) is 0.844. The summed E-state index contributed by atoms with van der Waals surface area (Å²) < 4.78 is 7.63. The molecule has 0 bridgehead atoms. The van der Waals surface area contributed by atoms with Crippen molar-refractivity contribution in [2.24, 2.45) is 0 Å². The summed E-state index contributed by atoms with van der Waals surface area (Å²) in [5.74, 6) is 0.0589. The molecule has 1 fully saturated rings. The first-order valence-corrected chi connectivity index (χ1v) is 7.89. The molecule has 1 atom stereocenters. The highest BCUT2D eigenvalue weighted by Gasteiger charge is 2.16. The summed E-state index contributed by atoms with van der Waals surface area (Å²) in [6.07, 6.45) is 3.83. The van der Waals surface area contributed by atoms with Gasteiger partial charge in [-0.3, -0.25) is 4.79 Å². The van der Waals surface area contributed by atoms with Gasteiger partial charge in [-0.05, 0) is 76.0 Å². The number of hydrogen-bond donors (Lipinski definition) is 1. The zero-order chi connectivity index (χ0) is 13.0. The lowest BCUT2D eigenvalue weighted by Crippen LogP contribution is -2.15. The van der Waals surface area contributed by atoms with Gasteiger partial charge in [0.05, 0.1) is 6.10 Å². The monoisotopic (exact) mass is 423 g/mol. The maximum absolute atomic E-state index is 11.8. The predicted molar refractivity (Wildman–Crippen MR) is 83.7 cm³/mol. The van der Waals surface area contributed by atoms with Crippen LogP contribution in [0.25, 0.3) is 0 Å². The fourth-order valence-corrected chi connectivity index (χ4v) is 2.72. The molecule has 1 unspecified atom stereocenters. The molecule has 3 nitrogen and oxygen atoms in total. The standard InChI is InChI=1S/C13H15BrINO2/c14-11-5-3-9(8-12(11)15)16-13(17)6-4-10-2-1-7-18-10/h3,5,8,10H,1-2,4,6-7H2,(H,16,17). The molecule has 1 aromatic carbocycles. The minimum Gasteiger partial charge on any atom is -0.378 e. The number of carbonyl (C=O) groups excluding carboxylic acids is 1. The molecule has 1 saturated heterocycles. The highest BCUT2D eigenvalue weighted by atomic mass is 127. The molecular weight excluding hydrogens is 409 g/mol. The minimum absolute atomic E-state index is 0.0589. The zero-order valence-corrected chi connectivity index (χ0v) is 13.7. The van der Waals surface area contributed by atoms with Crippen LogP contribution in [0.5, 0.6) is 0 Å². The Labute approximate surface area is 129 Å². The van der Waals surface area contributed by atoms with E-state index in [1.165, 1.54) is 0 Å². The van der Waals surface area contributed by atoms with Gasteiger partial charge in [-0.25, -0.2) is 0 Å². The maximum atomic E-state index is 11.8. The lowest BCUT2D eigenvalue weighted by atomic mass is 10.1. The Bertz CT molecular complexity index is 433. The fourth-order valence-electron chi connectivity index (χ4n) is 1.96. The number of anilines is 1. The quantitative estimate of drug-likeness (QED) is 0.744. The average molecular weight is 424 g/mol. The Hall–Kier alpha value is -0.140. The molecule has 1 N–H and O–H groups in total. The fraction of sp³-hybridized carbons (Fsp3) is 0.462. The SMILES string of the molecule is O=C(CCC1CCCO1)Nc1ccc(Br)c(I)c1. The van der Waals surface area contributed by atoms with Gasteiger partial charge in [-0.2, -0.15) is 0 Å². The van der Waals surface area contributed by atoms with Gasteiger partial charge in [0, 0.05) is 26.8 Å². The van der Waals surface area contributed by atoms with E-state index in [-0.39, 0.29) is 12.0 Å². The van der Waals surface area contributed by atoms with Gasteiger partial charge in [-0.1, -0.05) is 0 Å². The van der Waals surface area contributed by atoms with E-state index in [1.54, 1.807) is 0 Å². The number of amides is 1. The van der Waals surface area contributed by atoms with E-state index in [0.717, 1.165) is 39.6 Å². The second-order valence-corrected chi connectivity index (χ2v) is 6.37. The van der Waals surface area contributed by atoms with Crippen LogP contribution in [0.3, 0.4) is 0 Å². The Morgan fingerprint density at radius 1 is 1.56 bits per heavy atom. The van der Waals surface area contributed by atoms with E-state index >= 15 is 0 Å². The Kier molecular flexibility index (Phi) is 5.44. The van der Waals surface area contributed by atoms with Gasteiger partial charge in [0.1, 0.15) is 0 Å². The van der Waals surface area contributed by atoms with Crippen molar-refractivity contribution < 1.29 is 9.53 Å². The van der Waals surface area contributed by atoms with E-state index in [2.05, 4.69) is 43.8 Å². The van der Waals surface area contributed by atoms with Crippen molar-refractivity contribution >= 4 is 50.1 Å². The molecule has 2 rings (SSSR count). The number of halogens is 2. The summed E-state index contributed by atoms with van der Waals surface area (Å²) in [5, 5.41) is 2.91. The van der Waals surface area contributed by atoms with Crippen LogP contribution in [0.1, 0.15) is 25.7 Å². The molecule has 0 spiro atoms. The molecule has 1 heterocycles. The first-order chi connectivity index (χ1) is 8.65. The van der Waals surface area contributed by atoms with Crippen molar-refractivity contribution in [1.29, 1.82) is 0 Å². The molecule has 5 heteroatoms. The molecule has 0 aromatic heterocycles. The predicted octanol–water partition coefficient (Wildman–Crippen LogP) is 3.95. The highest BCUT2D eigenvalue weighted by molar-refractivity contribution is 14.1. The molecule has 0 aliphatic carbocycles. The molecule has 0 saturated carbocycles. The van der Waals surface area contributed by atoms with Crippen molar-refractivity contribution in [3.05, 3.63) is 26.2 Å². The number of carbonyl (C=O) groups is 1. The molecule has 0 radical (unpaired) electrons. The van der Waals surface area contributed by atoms with E-state index in [1.807, 2.05) is 18.2 Å². The van der Waals surface area contributed by atoms with Crippen LogP contribution in [0.4, 0.5) is 5.69 Å². The number of rotatable bonds is 4. The number of nitrogens with one attached hydrogen (secondary N) is 1. The molecule has 18 heavy (non-hydrogen) atoms. The van der Waals surface area contributed by atoms with Crippen molar-refractivity contribution in [3.63, 3.8) is 0 Å². The first-order valence-electron chi connectivity index (χ1n) is 6.01. The molecule has 1 aromatic rings. The van der Waals surface area contributed by atoms with Crippen molar-refractivity contribution in [2.45, 2.75) is 31.8 Å². The maximum Gasteiger partial charge on any atom is 0.224 e. The normalized spacial score (nSPS) is 18.9. The summed E-state index contributed by atoms with van der Waals surface area (Å²) in [5.41, 5.74) is 0.847. The minimum atomic E-state index is 0.0589. The van der Waals surface area contributed by atoms with Crippen molar-refractivity contribution in [3.8, 4) is 0 Å². The number of hydrogen-bond acceptors (Lipinski definition) is 2. The Morgan fingerprint density at radius 3 is 3.06 bits per heavy atom. The Balaban J connectivity index is 1.80. The molecular formula is C13H15BrINO2. The lowest BCUT2D eigenvalue weighted by Gasteiger charge is -2.10. The number of benzene rings is 1. The average Bonchev–Trinajstić information content (AvgIpc) is 2.84. The summed E-state index contributed by atoms with van der Waals surface area (Å²) in [4.78, 5) is 11.8.